The maximum atomic E-state index is 13.1. The minimum Gasteiger partial charge on any atom is -0.460 e. The fourth-order valence-electron chi connectivity index (χ4n) is 3.34. The number of Topliss-reactive ketones (excluding diaryl/α,β-unsaturated/α-hetero) is 1. The van der Waals surface area contributed by atoms with E-state index in [2.05, 4.69) is 26.1 Å². The molecule has 0 aliphatic carbocycles. The van der Waals surface area contributed by atoms with Crippen molar-refractivity contribution >= 4 is 23.3 Å². The first kappa shape index (κ1) is 27.3. The molecule has 2 aromatic carbocycles. The van der Waals surface area contributed by atoms with E-state index in [4.69, 9.17) is 4.74 Å². The summed E-state index contributed by atoms with van der Waals surface area (Å²) in [6.07, 6.45) is 2.00. The van der Waals surface area contributed by atoms with E-state index in [1.807, 2.05) is 63.2 Å². The first-order chi connectivity index (χ1) is 15.8. The molecule has 0 aliphatic rings. The van der Waals surface area contributed by atoms with Gasteiger partial charge in [0, 0.05) is 24.4 Å². The Kier molecular flexibility index (Phi) is 9.60. The predicted molar refractivity (Wildman–Crippen MR) is 136 cm³/mol. The van der Waals surface area contributed by atoms with Crippen LogP contribution in [0, 0.1) is 16.7 Å². The van der Waals surface area contributed by atoms with Crippen LogP contribution in [0.5, 0.6) is 0 Å². The molecule has 184 valence electrons. The number of nitrogens with one attached hydrogen (secondary N) is 1. The third-order valence-corrected chi connectivity index (χ3v) is 5.53. The highest BCUT2D eigenvalue weighted by Gasteiger charge is 2.24. The normalized spacial score (nSPS) is 12.6. The molecule has 1 atom stereocenters. The number of ketones is 1. The highest BCUT2D eigenvalue weighted by molar-refractivity contribution is 5.95. The molecule has 1 N–H and O–H groups in total. The average molecular weight is 466 g/mol. The van der Waals surface area contributed by atoms with E-state index in [0.717, 1.165) is 17.5 Å². The van der Waals surface area contributed by atoms with Gasteiger partial charge < -0.3 is 10.1 Å². The molecule has 5 nitrogen and oxygen atoms in total. The van der Waals surface area contributed by atoms with Gasteiger partial charge in [-0.2, -0.15) is 0 Å². The SMILES string of the molecule is CC(C)(C)CCC(=O)C[C@@H](Cc1ccccc1)C(=O)Nc1ccc(COC(=O)C(C)(C)C)cc1. The Balaban J connectivity index is 2.02. The number of rotatable bonds is 10. The minimum absolute atomic E-state index is 0.0792. The summed E-state index contributed by atoms with van der Waals surface area (Å²) in [5.41, 5.74) is 2.05. The third kappa shape index (κ3) is 9.90. The number of carbonyl (C=O) groups is 3. The lowest BCUT2D eigenvalue weighted by molar-refractivity contribution is -0.154. The topological polar surface area (TPSA) is 72.5 Å². The number of anilines is 1. The summed E-state index contributed by atoms with van der Waals surface area (Å²) >= 11 is 0. The maximum Gasteiger partial charge on any atom is 0.311 e. The molecule has 0 heterocycles. The molecule has 0 unspecified atom stereocenters. The Labute approximate surface area is 204 Å². The van der Waals surface area contributed by atoms with Gasteiger partial charge in [0.25, 0.3) is 0 Å². The van der Waals surface area contributed by atoms with Crippen molar-refractivity contribution in [2.45, 2.75) is 73.8 Å². The van der Waals surface area contributed by atoms with E-state index in [1.54, 1.807) is 12.1 Å². The van der Waals surface area contributed by atoms with Crippen LogP contribution in [-0.2, 0) is 32.1 Å². The molecule has 1 amide bonds. The summed E-state index contributed by atoms with van der Waals surface area (Å²) in [5, 5.41) is 2.96. The Morgan fingerprint density at radius 3 is 2.03 bits per heavy atom. The molecule has 0 radical (unpaired) electrons. The fraction of sp³-hybridized carbons (Fsp3) is 0.483. The van der Waals surface area contributed by atoms with Gasteiger partial charge >= 0.3 is 5.97 Å². The number of benzene rings is 2. The van der Waals surface area contributed by atoms with Crippen LogP contribution < -0.4 is 5.32 Å². The van der Waals surface area contributed by atoms with Gasteiger partial charge in [0.2, 0.25) is 5.91 Å². The summed E-state index contributed by atoms with van der Waals surface area (Å²) in [5.74, 6) is -0.756. The first-order valence-electron chi connectivity index (χ1n) is 12.0. The lowest BCUT2D eigenvalue weighted by Gasteiger charge is -2.20. The summed E-state index contributed by atoms with van der Waals surface area (Å²) in [6, 6.07) is 17.0. The van der Waals surface area contributed by atoms with E-state index in [9.17, 15) is 14.4 Å². The number of esters is 1. The Morgan fingerprint density at radius 2 is 1.47 bits per heavy atom. The molecule has 2 aromatic rings. The second-order valence-electron chi connectivity index (χ2n) is 11.2. The molecule has 0 aromatic heterocycles. The van der Waals surface area contributed by atoms with Gasteiger partial charge in [-0.25, -0.2) is 0 Å². The fourth-order valence-corrected chi connectivity index (χ4v) is 3.34. The van der Waals surface area contributed by atoms with Crippen LogP contribution in [0.15, 0.2) is 54.6 Å². The summed E-state index contributed by atoms with van der Waals surface area (Å²) < 4.78 is 5.34. The standard InChI is InChI=1S/C29H39NO4/c1-28(2,3)17-16-25(31)19-23(18-21-10-8-7-9-11-21)26(32)30-24-14-12-22(13-15-24)20-34-27(33)29(4,5)6/h7-15,23H,16-20H2,1-6H3,(H,30,32)/t23-/m1/s1. The molecule has 5 heteroatoms. The van der Waals surface area contributed by atoms with Crippen molar-refractivity contribution in [3.05, 3.63) is 65.7 Å². The smallest absolute Gasteiger partial charge is 0.311 e. The van der Waals surface area contributed by atoms with Crippen molar-refractivity contribution in [2.75, 3.05) is 5.32 Å². The van der Waals surface area contributed by atoms with Gasteiger partial charge in [-0.3, -0.25) is 14.4 Å². The first-order valence-corrected chi connectivity index (χ1v) is 12.0. The zero-order chi connectivity index (χ0) is 25.4. The summed E-state index contributed by atoms with van der Waals surface area (Å²) in [6.45, 7) is 12.0. The highest BCUT2D eigenvalue weighted by atomic mass is 16.5. The van der Waals surface area contributed by atoms with E-state index >= 15 is 0 Å². The molecule has 2 rings (SSSR count). The van der Waals surface area contributed by atoms with Crippen molar-refractivity contribution in [1.82, 2.24) is 0 Å². The summed E-state index contributed by atoms with van der Waals surface area (Å²) in [7, 11) is 0. The number of amides is 1. The predicted octanol–water partition coefficient (Wildman–Crippen LogP) is 6.36. The molecular formula is C29H39NO4. The van der Waals surface area contributed by atoms with E-state index in [0.29, 0.717) is 18.5 Å². The van der Waals surface area contributed by atoms with Crippen LogP contribution in [0.25, 0.3) is 0 Å². The van der Waals surface area contributed by atoms with Crippen LogP contribution in [0.3, 0.4) is 0 Å². The third-order valence-electron chi connectivity index (χ3n) is 5.53. The van der Waals surface area contributed by atoms with Crippen LogP contribution in [0.1, 0.15) is 71.9 Å². The molecule has 0 saturated carbocycles. The van der Waals surface area contributed by atoms with Crippen molar-refractivity contribution in [3.63, 3.8) is 0 Å². The van der Waals surface area contributed by atoms with Gasteiger partial charge in [0.1, 0.15) is 12.4 Å². The Morgan fingerprint density at radius 1 is 0.853 bits per heavy atom. The van der Waals surface area contributed by atoms with E-state index in [-0.39, 0.29) is 36.1 Å². The average Bonchev–Trinajstić information content (AvgIpc) is 2.76. The number of carbonyl (C=O) groups excluding carboxylic acids is 3. The molecule has 0 spiro atoms. The zero-order valence-electron chi connectivity index (χ0n) is 21.4. The second-order valence-corrected chi connectivity index (χ2v) is 11.2. The maximum absolute atomic E-state index is 13.1. The molecule has 0 aliphatic heterocycles. The van der Waals surface area contributed by atoms with Gasteiger partial charge in [-0.05, 0) is 62.3 Å². The lowest BCUT2D eigenvalue weighted by atomic mass is 9.86. The lowest BCUT2D eigenvalue weighted by Crippen LogP contribution is -2.27. The van der Waals surface area contributed by atoms with Crippen LogP contribution in [0.4, 0.5) is 5.69 Å². The van der Waals surface area contributed by atoms with Crippen molar-refractivity contribution in [1.29, 1.82) is 0 Å². The summed E-state index contributed by atoms with van der Waals surface area (Å²) in [4.78, 5) is 37.8. The monoisotopic (exact) mass is 465 g/mol. The molecule has 0 fully saturated rings. The van der Waals surface area contributed by atoms with Crippen LogP contribution in [-0.4, -0.2) is 17.7 Å². The minimum atomic E-state index is -0.550. The second kappa shape index (κ2) is 12.0. The van der Waals surface area contributed by atoms with Gasteiger partial charge in [0.15, 0.2) is 0 Å². The van der Waals surface area contributed by atoms with Crippen molar-refractivity contribution in [2.24, 2.45) is 16.7 Å². The molecule has 34 heavy (non-hydrogen) atoms. The number of hydrogen-bond donors (Lipinski definition) is 1. The zero-order valence-corrected chi connectivity index (χ0v) is 21.4. The van der Waals surface area contributed by atoms with E-state index in [1.165, 1.54) is 0 Å². The molecule has 0 saturated heterocycles. The number of hydrogen-bond acceptors (Lipinski definition) is 4. The Hall–Kier alpha value is -2.95. The largest absolute Gasteiger partial charge is 0.460 e. The highest BCUT2D eigenvalue weighted by Crippen LogP contribution is 2.24. The molecular weight excluding hydrogens is 426 g/mol. The number of ether oxygens (including phenoxy) is 1. The van der Waals surface area contributed by atoms with Gasteiger partial charge in [0.05, 0.1) is 5.41 Å². The molecule has 0 bridgehead atoms. The van der Waals surface area contributed by atoms with Crippen LogP contribution >= 0.6 is 0 Å². The van der Waals surface area contributed by atoms with Crippen molar-refractivity contribution in [3.8, 4) is 0 Å². The Bertz CT molecular complexity index is 950. The van der Waals surface area contributed by atoms with Crippen LogP contribution in [0.2, 0.25) is 0 Å². The van der Waals surface area contributed by atoms with E-state index < -0.39 is 11.3 Å². The van der Waals surface area contributed by atoms with Gasteiger partial charge in [-0.1, -0.05) is 63.2 Å². The van der Waals surface area contributed by atoms with Crippen molar-refractivity contribution < 1.29 is 19.1 Å². The van der Waals surface area contributed by atoms with Gasteiger partial charge in [-0.15, -0.1) is 0 Å². The quantitative estimate of drug-likeness (QED) is 0.415.